The van der Waals surface area contributed by atoms with Crippen molar-refractivity contribution in [3.8, 4) is 0 Å². The Balaban J connectivity index is 2.00. The molecule has 2 rings (SSSR count). The van der Waals surface area contributed by atoms with E-state index in [1.54, 1.807) is 31.2 Å². The molecule has 0 aliphatic carbocycles. The Labute approximate surface area is 163 Å². The summed E-state index contributed by atoms with van der Waals surface area (Å²) >= 11 is 0. The smallest absolute Gasteiger partial charge is 0.339 e. The number of nitrogens with zero attached hydrogens (tertiary/aromatic N) is 2. The Morgan fingerprint density at radius 2 is 1.68 bits per heavy atom. The third kappa shape index (κ3) is 5.37. The highest BCUT2D eigenvalue weighted by Gasteiger charge is 2.14. The van der Waals surface area contributed by atoms with Gasteiger partial charge in [-0.05, 0) is 56.4 Å². The van der Waals surface area contributed by atoms with Gasteiger partial charge in [0.1, 0.15) is 6.73 Å². The first kappa shape index (κ1) is 21.0. The lowest BCUT2D eigenvalue weighted by Crippen LogP contribution is -2.27. The van der Waals surface area contributed by atoms with Gasteiger partial charge < -0.3 is 10.1 Å². The summed E-state index contributed by atoms with van der Waals surface area (Å²) in [4.78, 5) is 36.7. The number of nitrogens with one attached hydrogen (secondary N) is 1. The topological polar surface area (TPSA) is 102 Å². The Hall–Kier alpha value is -3.26. The fourth-order valence-electron chi connectivity index (χ4n) is 2.53. The van der Waals surface area contributed by atoms with Crippen molar-refractivity contribution < 1.29 is 19.2 Å². The molecule has 0 aromatic heterocycles. The number of carbonyl (C=O) groups excluding carboxylic acids is 2. The minimum atomic E-state index is -0.491. The number of ether oxygens (including phenoxy) is 1. The molecule has 0 unspecified atom stereocenters. The highest BCUT2D eigenvalue weighted by molar-refractivity contribution is 6.04. The molecule has 0 aliphatic rings. The number of nitro groups is 1. The lowest BCUT2D eigenvalue weighted by Gasteiger charge is -2.17. The maximum atomic E-state index is 12.3. The van der Waals surface area contributed by atoms with Gasteiger partial charge in [0.25, 0.3) is 11.6 Å². The summed E-state index contributed by atoms with van der Waals surface area (Å²) in [5, 5.41) is 13.6. The molecule has 2 aromatic carbocycles. The van der Waals surface area contributed by atoms with E-state index in [2.05, 4.69) is 5.32 Å². The van der Waals surface area contributed by atoms with Crippen molar-refractivity contribution in [1.82, 2.24) is 4.90 Å². The maximum absolute atomic E-state index is 12.3. The van der Waals surface area contributed by atoms with Crippen molar-refractivity contribution in [2.24, 2.45) is 0 Å². The third-order valence-electron chi connectivity index (χ3n) is 4.31. The second-order valence-corrected chi connectivity index (χ2v) is 6.15. The number of carbonyl (C=O) groups is 2. The zero-order valence-electron chi connectivity index (χ0n) is 16.1. The fraction of sp³-hybridized carbons (Fsp3) is 0.300. The van der Waals surface area contributed by atoms with Crippen LogP contribution in [0.2, 0.25) is 0 Å². The van der Waals surface area contributed by atoms with Gasteiger partial charge >= 0.3 is 5.97 Å². The van der Waals surface area contributed by atoms with Crippen LogP contribution in [0.1, 0.15) is 40.1 Å². The SMILES string of the molecule is CCN(CC)COC(=O)c1ccc(NC(=O)c2ccc([N+](=O)[O-])c(C)c2)cc1. The standard InChI is InChI=1S/C20H23N3O5/c1-4-22(5-2)13-28-20(25)15-6-9-17(10-7-15)21-19(24)16-8-11-18(23(26)27)14(3)12-16/h6-12H,4-5,13H2,1-3H3,(H,21,24). The van der Waals surface area contributed by atoms with Gasteiger partial charge in [-0.2, -0.15) is 0 Å². The van der Waals surface area contributed by atoms with Gasteiger partial charge in [-0.15, -0.1) is 0 Å². The predicted molar refractivity (Wildman–Crippen MR) is 105 cm³/mol. The van der Waals surface area contributed by atoms with Gasteiger partial charge in [-0.3, -0.25) is 19.8 Å². The number of nitro benzene ring substituents is 1. The van der Waals surface area contributed by atoms with Crippen LogP contribution in [-0.2, 0) is 4.74 Å². The monoisotopic (exact) mass is 385 g/mol. The first-order valence-corrected chi connectivity index (χ1v) is 8.91. The molecule has 0 heterocycles. The summed E-state index contributed by atoms with van der Waals surface area (Å²) in [5.41, 5.74) is 1.57. The van der Waals surface area contributed by atoms with Gasteiger partial charge in [0, 0.05) is 22.9 Å². The number of esters is 1. The van der Waals surface area contributed by atoms with E-state index in [1.807, 2.05) is 18.7 Å². The van der Waals surface area contributed by atoms with Crippen molar-refractivity contribution in [3.05, 3.63) is 69.3 Å². The first-order chi connectivity index (χ1) is 13.3. The molecule has 0 saturated carbocycles. The molecule has 148 valence electrons. The van der Waals surface area contributed by atoms with Gasteiger partial charge in [-0.25, -0.2) is 4.79 Å². The zero-order chi connectivity index (χ0) is 20.7. The van der Waals surface area contributed by atoms with E-state index in [1.165, 1.54) is 18.2 Å². The lowest BCUT2D eigenvalue weighted by atomic mass is 10.1. The number of hydrogen-bond donors (Lipinski definition) is 1. The Kier molecular flexibility index (Phi) is 7.22. The number of benzene rings is 2. The summed E-state index contributed by atoms with van der Waals surface area (Å²) in [7, 11) is 0. The van der Waals surface area contributed by atoms with Crippen molar-refractivity contribution in [3.63, 3.8) is 0 Å². The van der Waals surface area contributed by atoms with E-state index in [-0.39, 0.29) is 12.4 Å². The molecule has 0 atom stereocenters. The molecule has 0 fully saturated rings. The van der Waals surface area contributed by atoms with Gasteiger partial charge in [0.2, 0.25) is 0 Å². The minimum absolute atomic E-state index is 0.0378. The maximum Gasteiger partial charge on any atom is 0.339 e. The highest BCUT2D eigenvalue weighted by Crippen LogP contribution is 2.20. The van der Waals surface area contributed by atoms with Crippen LogP contribution in [-0.4, -0.2) is 41.5 Å². The van der Waals surface area contributed by atoms with Crippen LogP contribution in [0.5, 0.6) is 0 Å². The fourth-order valence-corrected chi connectivity index (χ4v) is 2.53. The Bertz CT molecular complexity index is 861. The van der Waals surface area contributed by atoms with E-state index in [0.29, 0.717) is 22.4 Å². The number of anilines is 1. The molecule has 1 N–H and O–H groups in total. The number of rotatable bonds is 8. The third-order valence-corrected chi connectivity index (χ3v) is 4.31. The van der Waals surface area contributed by atoms with E-state index in [4.69, 9.17) is 4.74 Å². The van der Waals surface area contributed by atoms with Gasteiger partial charge in [0.15, 0.2) is 0 Å². The van der Waals surface area contributed by atoms with Crippen LogP contribution in [0.3, 0.4) is 0 Å². The summed E-state index contributed by atoms with van der Waals surface area (Å²) in [6, 6.07) is 10.5. The molecule has 0 aliphatic heterocycles. The van der Waals surface area contributed by atoms with E-state index >= 15 is 0 Å². The Morgan fingerprint density at radius 3 is 2.21 bits per heavy atom. The molecule has 1 amide bonds. The molecule has 0 spiro atoms. The van der Waals surface area contributed by atoms with Crippen LogP contribution in [0.4, 0.5) is 11.4 Å². The van der Waals surface area contributed by atoms with Crippen LogP contribution in [0, 0.1) is 17.0 Å². The van der Waals surface area contributed by atoms with E-state index in [9.17, 15) is 19.7 Å². The summed E-state index contributed by atoms with van der Waals surface area (Å²) in [5.74, 6) is -0.828. The number of amides is 1. The number of aryl methyl sites for hydroxylation is 1. The van der Waals surface area contributed by atoms with Crippen LogP contribution in [0.25, 0.3) is 0 Å². The summed E-state index contributed by atoms with van der Waals surface area (Å²) in [6.45, 7) is 7.35. The quantitative estimate of drug-likeness (QED) is 0.322. The average molecular weight is 385 g/mol. The van der Waals surface area contributed by atoms with Crippen LogP contribution < -0.4 is 5.32 Å². The van der Waals surface area contributed by atoms with E-state index in [0.717, 1.165) is 13.1 Å². The molecule has 2 aromatic rings. The average Bonchev–Trinajstić information content (AvgIpc) is 2.68. The van der Waals surface area contributed by atoms with Gasteiger partial charge in [-0.1, -0.05) is 13.8 Å². The lowest BCUT2D eigenvalue weighted by molar-refractivity contribution is -0.385. The molecule has 8 heteroatoms. The minimum Gasteiger partial charge on any atom is -0.446 e. The Morgan fingerprint density at radius 1 is 1.07 bits per heavy atom. The van der Waals surface area contributed by atoms with Gasteiger partial charge in [0.05, 0.1) is 10.5 Å². The number of hydrogen-bond acceptors (Lipinski definition) is 6. The summed E-state index contributed by atoms with van der Waals surface area (Å²) in [6.07, 6.45) is 0. The predicted octanol–water partition coefficient (Wildman–Crippen LogP) is 3.61. The molecular weight excluding hydrogens is 362 g/mol. The molecule has 0 bridgehead atoms. The van der Waals surface area contributed by atoms with Crippen molar-refractivity contribution in [1.29, 1.82) is 0 Å². The zero-order valence-corrected chi connectivity index (χ0v) is 16.1. The van der Waals surface area contributed by atoms with Crippen molar-refractivity contribution in [2.75, 3.05) is 25.1 Å². The highest BCUT2D eigenvalue weighted by atomic mass is 16.6. The van der Waals surface area contributed by atoms with Crippen molar-refractivity contribution >= 4 is 23.3 Å². The summed E-state index contributed by atoms with van der Waals surface area (Å²) < 4.78 is 5.25. The molecule has 8 nitrogen and oxygen atoms in total. The second-order valence-electron chi connectivity index (χ2n) is 6.15. The van der Waals surface area contributed by atoms with E-state index < -0.39 is 16.8 Å². The first-order valence-electron chi connectivity index (χ1n) is 8.91. The molecular formula is C20H23N3O5. The molecule has 0 saturated heterocycles. The van der Waals surface area contributed by atoms with Crippen LogP contribution >= 0.6 is 0 Å². The second kappa shape index (κ2) is 9.61. The largest absolute Gasteiger partial charge is 0.446 e. The molecule has 0 radical (unpaired) electrons. The van der Waals surface area contributed by atoms with Crippen molar-refractivity contribution in [2.45, 2.75) is 20.8 Å². The van der Waals surface area contributed by atoms with Crippen LogP contribution in [0.15, 0.2) is 42.5 Å². The normalized spacial score (nSPS) is 10.6. The molecule has 28 heavy (non-hydrogen) atoms.